The first kappa shape index (κ1) is 14.0. The van der Waals surface area contributed by atoms with Gasteiger partial charge >= 0.3 is 0 Å². The summed E-state index contributed by atoms with van der Waals surface area (Å²) in [7, 11) is 0. The average Bonchev–Trinajstić information content (AvgIpc) is 2.25. The lowest BCUT2D eigenvalue weighted by molar-refractivity contribution is -0.125. The van der Waals surface area contributed by atoms with Crippen LogP contribution in [0, 0.1) is 35.0 Å². The minimum atomic E-state index is -0.514. The summed E-state index contributed by atoms with van der Waals surface area (Å²) < 4.78 is 0. The van der Waals surface area contributed by atoms with Crippen molar-refractivity contribution < 1.29 is 4.79 Å². The van der Waals surface area contributed by atoms with Gasteiger partial charge in [-0.3, -0.25) is 4.79 Å². The molecule has 1 amide bonds. The zero-order valence-electron chi connectivity index (χ0n) is 11.4. The highest BCUT2D eigenvalue weighted by atomic mass is 16.1. The second kappa shape index (κ2) is 6.05. The van der Waals surface area contributed by atoms with E-state index in [0.717, 1.165) is 6.42 Å². The molecular weight excluding hydrogens is 212 g/mol. The van der Waals surface area contributed by atoms with Gasteiger partial charge in [-0.2, -0.15) is 5.26 Å². The lowest BCUT2D eigenvalue weighted by Gasteiger charge is -2.35. The molecule has 3 heteroatoms. The summed E-state index contributed by atoms with van der Waals surface area (Å²) in [6.45, 7) is 8.28. The van der Waals surface area contributed by atoms with Crippen molar-refractivity contribution in [3.05, 3.63) is 0 Å². The summed E-state index contributed by atoms with van der Waals surface area (Å²) in [5.41, 5.74) is 0. The first-order valence-electron chi connectivity index (χ1n) is 6.67. The molecular formula is C14H24N2O. The number of nitriles is 1. The fraction of sp³-hybridized carbons (Fsp3) is 0.857. The van der Waals surface area contributed by atoms with E-state index < -0.39 is 5.92 Å². The average molecular weight is 236 g/mol. The van der Waals surface area contributed by atoms with Crippen LogP contribution in [-0.4, -0.2) is 11.9 Å². The van der Waals surface area contributed by atoms with Crippen LogP contribution in [0.3, 0.4) is 0 Å². The van der Waals surface area contributed by atoms with Gasteiger partial charge in [0.2, 0.25) is 5.91 Å². The molecule has 96 valence electrons. The molecule has 1 fully saturated rings. The van der Waals surface area contributed by atoms with Crippen LogP contribution in [0.2, 0.25) is 0 Å². The summed E-state index contributed by atoms with van der Waals surface area (Å²) in [5, 5.41) is 12.1. The van der Waals surface area contributed by atoms with Crippen molar-refractivity contribution in [2.24, 2.45) is 23.7 Å². The van der Waals surface area contributed by atoms with E-state index in [4.69, 9.17) is 5.26 Å². The maximum Gasteiger partial charge on any atom is 0.237 e. The Morgan fingerprint density at radius 1 is 1.35 bits per heavy atom. The molecule has 0 saturated heterocycles. The third-order valence-corrected chi connectivity index (χ3v) is 4.12. The number of nitrogens with zero attached hydrogens (tertiary/aromatic N) is 1. The molecule has 0 radical (unpaired) electrons. The van der Waals surface area contributed by atoms with Crippen LogP contribution in [0.5, 0.6) is 0 Å². The van der Waals surface area contributed by atoms with Gasteiger partial charge in [0.1, 0.15) is 5.92 Å². The molecule has 1 aliphatic carbocycles. The molecule has 0 spiro atoms. The molecule has 1 rings (SSSR count). The van der Waals surface area contributed by atoms with Crippen LogP contribution in [0.25, 0.3) is 0 Å². The predicted octanol–water partition coefficient (Wildman–Crippen LogP) is 2.72. The number of hydrogen-bond acceptors (Lipinski definition) is 2. The van der Waals surface area contributed by atoms with Crippen LogP contribution in [0.4, 0.5) is 0 Å². The number of hydrogen-bond donors (Lipinski definition) is 1. The van der Waals surface area contributed by atoms with Crippen LogP contribution in [0.15, 0.2) is 0 Å². The molecule has 0 heterocycles. The molecule has 0 aliphatic heterocycles. The normalized spacial score (nSPS) is 30.7. The van der Waals surface area contributed by atoms with E-state index in [1.165, 1.54) is 12.8 Å². The van der Waals surface area contributed by atoms with Crippen molar-refractivity contribution in [2.45, 2.75) is 53.0 Å². The molecule has 4 unspecified atom stereocenters. The van der Waals surface area contributed by atoms with Gasteiger partial charge < -0.3 is 5.32 Å². The summed E-state index contributed by atoms with van der Waals surface area (Å²) in [6.07, 6.45) is 3.47. The third-order valence-electron chi connectivity index (χ3n) is 4.12. The monoisotopic (exact) mass is 236 g/mol. The molecule has 1 N–H and O–H groups in total. The van der Waals surface area contributed by atoms with E-state index in [9.17, 15) is 4.79 Å². The highest BCUT2D eigenvalue weighted by Gasteiger charge is 2.30. The predicted molar refractivity (Wildman–Crippen MR) is 68.1 cm³/mol. The van der Waals surface area contributed by atoms with Gasteiger partial charge in [0.15, 0.2) is 0 Å². The topological polar surface area (TPSA) is 52.9 Å². The largest absolute Gasteiger partial charge is 0.352 e. The van der Waals surface area contributed by atoms with Gasteiger partial charge in [-0.25, -0.2) is 0 Å². The second-order valence-electron chi connectivity index (χ2n) is 5.73. The summed E-state index contributed by atoms with van der Waals surface area (Å²) in [6, 6.07) is 2.36. The van der Waals surface area contributed by atoms with Crippen LogP contribution in [-0.2, 0) is 4.79 Å². The molecule has 4 atom stereocenters. The molecule has 17 heavy (non-hydrogen) atoms. The maximum atomic E-state index is 12.0. The minimum absolute atomic E-state index is 0.0799. The molecule has 0 aromatic heterocycles. The van der Waals surface area contributed by atoms with Crippen molar-refractivity contribution >= 4 is 5.91 Å². The number of carbonyl (C=O) groups is 1. The number of nitrogens with one attached hydrogen (secondary N) is 1. The number of amides is 1. The molecule has 0 aromatic carbocycles. The van der Waals surface area contributed by atoms with Crippen LogP contribution < -0.4 is 5.32 Å². The highest BCUT2D eigenvalue weighted by Crippen LogP contribution is 2.29. The van der Waals surface area contributed by atoms with Gasteiger partial charge in [-0.1, -0.05) is 40.5 Å². The zero-order chi connectivity index (χ0) is 13.0. The quantitative estimate of drug-likeness (QED) is 0.819. The summed E-state index contributed by atoms with van der Waals surface area (Å²) in [4.78, 5) is 12.0. The maximum absolute atomic E-state index is 12.0. The Morgan fingerprint density at radius 3 is 2.53 bits per heavy atom. The van der Waals surface area contributed by atoms with Crippen molar-refractivity contribution in [1.29, 1.82) is 5.26 Å². The van der Waals surface area contributed by atoms with Gasteiger partial charge in [-0.15, -0.1) is 0 Å². The Morgan fingerprint density at radius 2 is 2.00 bits per heavy atom. The van der Waals surface area contributed by atoms with Crippen molar-refractivity contribution in [3.63, 3.8) is 0 Å². The lowest BCUT2D eigenvalue weighted by Crippen LogP contribution is -2.46. The Labute approximate surface area is 105 Å². The van der Waals surface area contributed by atoms with Gasteiger partial charge in [0.25, 0.3) is 0 Å². The summed E-state index contributed by atoms with van der Waals surface area (Å²) >= 11 is 0. The Kier molecular flexibility index (Phi) is 4.99. The molecule has 0 aromatic rings. The zero-order valence-corrected chi connectivity index (χ0v) is 11.4. The minimum Gasteiger partial charge on any atom is -0.352 e. The van der Waals surface area contributed by atoms with E-state index in [1.54, 1.807) is 0 Å². The smallest absolute Gasteiger partial charge is 0.237 e. The SMILES string of the molecule is CC(C)C(C#N)C(=O)NC1CCCC(C)C1C. The Balaban J connectivity index is 2.59. The molecule has 3 nitrogen and oxygen atoms in total. The lowest BCUT2D eigenvalue weighted by atomic mass is 9.78. The van der Waals surface area contributed by atoms with Gasteiger partial charge in [0.05, 0.1) is 6.07 Å². The Bertz CT molecular complexity index is 306. The first-order chi connectivity index (χ1) is 7.97. The molecule has 1 saturated carbocycles. The van der Waals surface area contributed by atoms with Crippen molar-refractivity contribution in [2.75, 3.05) is 0 Å². The van der Waals surface area contributed by atoms with Crippen LogP contribution in [0.1, 0.15) is 47.0 Å². The van der Waals surface area contributed by atoms with Gasteiger partial charge in [0, 0.05) is 6.04 Å². The second-order valence-corrected chi connectivity index (χ2v) is 5.73. The fourth-order valence-electron chi connectivity index (χ4n) is 2.57. The summed E-state index contributed by atoms with van der Waals surface area (Å²) in [5.74, 6) is 0.650. The molecule has 1 aliphatic rings. The number of carbonyl (C=O) groups excluding carboxylic acids is 1. The highest BCUT2D eigenvalue weighted by molar-refractivity contribution is 5.81. The van der Waals surface area contributed by atoms with Crippen LogP contribution >= 0.6 is 0 Å². The number of rotatable bonds is 3. The Hall–Kier alpha value is -1.04. The van der Waals surface area contributed by atoms with Crippen molar-refractivity contribution in [1.82, 2.24) is 5.32 Å². The van der Waals surface area contributed by atoms with Gasteiger partial charge in [-0.05, 0) is 24.2 Å². The molecule has 0 bridgehead atoms. The van der Waals surface area contributed by atoms with E-state index in [-0.39, 0.29) is 17.9 Å². The van der Waals surface area contributed by atoms with Crippen molar-refractivity contribution in [3.8, 4) is 6.07 Å². The van der Waals surface area contributed by atoms with E-state index in [1.807, 2.05) is 13.8 Å². The van der Waals surface area contributed by atoms with E-state index in [2.05, 4.69) is 25.2 Å². The fourth-order valence-corrected chi connectivity index (χ4v) is 2.57. The first-order valence-corrected chi connectivity index (χ1v) is 6.67. The van der Waals surface area contributed by atoms with E-state index >= 15 is 0 Å². The third kappa shape index (κ3) is 3.46. The van der Waals surface area contributed by atoms with E-state index in [0.29, 0.717) is 11.8 Å². The standard InChI is InChI=1S/C14H24N2O/c1-9(2)12(8-15)14(17)16-13-7-5-6-10(3)11(13)4/h9-13H,5-7H2,1-4H3,(H,16,17).